The second kappa shape index (κ2) is 4.91. The van der Waals surface area contributed by atoms with Crippen LogP contribution in [0.25, 0.3) is 0 Å². The minimum absolute atomic E-state index is 0.108. The van der Waals surface area contributed by atoms with Crippen molar-refractivity contribution in [1.29, 1.82) is 0 Å². The number of carbonyl (C=O) groups is 1. The highest BCUT2D eigenvalue weighted by Gasteiger charge is 2.18. The molecule has 0 unspecified atom stereocenters. The van der Waals surface area contributed by atoms with Crippen molar-refractivity contribution in [1.82, 2.24) is 20.1 Å². The van der Waals surface area contributed by atoms with Crippen molar-refractivity contribution in [3.63, 3.8) is 0 Å². The number of nitrogens with one attached hydrogen (secondary N) is 1. The maximum atomic E-state index is 11.8. The summed E-state index contributed by atoms with van der Waals surface area (Å²) in [4.78, 5) is 17.7. The van der Waals surface area contributed by atoms with Gasteiger partial charge >= 0.3 is 0 Å². The molecule has 1 rings (SSSR count). The standard InChI is InChI=1S/C10H18N4O/c1-5-14(6-2)10(15)9-11-8(7(3)4)12-13-9/h7H,5-6H2,1-4H3,(H,11,12,13). The highest BCUT2D eigenvalue weighted by molar-refractivity contribution is 5.90. The smallest absolute Gasteiger partial charge is 0.293 e. The average molecular weight is 210 g/mol. The zero-order chi connectivity index (χ0) is 11.4. The quantitative estimate of drug-likeness (QED) is 0.817. The molecule has 0 saturated carbocycles. The fourth-order valence-corrected chi connectivity index (χ4v) is 1.28. The van der Waals surface area contributed by atoms with Crippen molar-refractivity contribution in [2.45, 2.75) is 33.6 Å². The van der Waals surface area contributed by atoms with Crippen LogP contribution in [0.15, 0.2) is 0 Å². The minimum Gasteiger partial charge on any atom is -0.336 e. The van der Waals surface area contributed by atoms with Gasteiger partial charge in [0.25, 0.3) is 5.91 Å². The Balaban J connectivity index is 2.82. The van der Waals surface area contributed by atoms with E-state index >= 15 is 0 Å². The molecule has 1 heterocycles. The van der Waals surface area contributed by atoms with Crippen LogP contribution in [0, 0.1) is 0 Å². The number of H-pyrrole nitrogens is 1. The molecule has 1 aromatic rings. The molecular formula is C10H18N4O. The summed E-state index contributed by atoms with van der Waals surface area (Å²) >= 11 is 0. The Bertz CT molecular complexity index is 328. The van der Waals surface area contributed by atoms with E-state index in [-0.39, 0.29) is 17.6 Å². The number of nitrogens with zero attached hydrogens (tertiary/aromatic N) is 3. The molecule has 0 saturated heterocycles. The Morgan fingerprint density at radius 2 is 2.00 bits per heavy atom. The Labute approximate surface area is 89.9 Å². The molecule has 0 fully saturated rings. The van der Waals surface area contributed by atoms with Crippen molar-refractivity contribution in [2.24, 2.45) is 0 Å². The van der Waals surface area contributed by atoms with Gasteiger partial charge in [-0.25, -0.2) is 4.98 Å². The first kappa shape index (κ1) is 11.7. The van der Waals surface area contributed by atoms with Gasteiger partial charge in [-0.05, 0) is 13.8 Å². The predicted molar refractivity (Wildman–Crippen MR) is 57.7 cm³/mol. The number of hydrogen-bond donors (Lipinski definition) is 1. The lowest BCUT2D eigenvalue weighted by Gasteiger charge is -2.15. The molecule has 0 radical (unpaired) electrons. The molecule has 0 spiro atoms. The SMILES string of the molecule is CCN(CC)C(=O)c1n[nH]c(C(C)C)n1. The number of amides is 1. The second-order valence-corrected chi connectivity index (χ2v) is 3.68. The largest absolute Gasteiger partial charge is 0.336 e. The third-order valence-electron chi connectivity index (χ3n) is 2.29. The summed E-state index contributed by atoms with van der Waals surface area (Å²) in [6.45, 7) is 9.26. The lowest BCUT2D eigenvalue weighted by Crippen LogP contribution is -2.31. The molecule has 0 aromatic carbocycles. The summed E-state index contributed by atoms with van der Waals surface area (Å²) in [5.41, 5.74) is 0. The van der Waals surface area contributed by atoms with Crippen LogP contribution in [0.1, 0.15) is 50.1 Å². The summed E-state index contributed by atoms with van der Waals surface area (Å²) in [5.74, 6) is 1.17. The van der Waals surface area contributed by atoms with Crippen LogP contribution in [0.4, 0.5) is 0 Å². The van der Waals surface area contributed by atoms with Gasteiger partial charge in [0.2, 0.25) is 5.82 Å². The van der Waals surface area contributed by atoms with E-state index in [1.165, 1.54) is 0 Å². The van der Waals surface area contributed by atoms with Crippen molar-refractivity contribution in [3.8, 4) is 0 Å². The Morgan fingerprint density at radius 1 is 1.40 bits per heavy atom. The van der Waals surface area contributed by atoms with Crippen molar-refractivity contribution in [2.75, 3.05) is 13.1 Å². The summed E-state index contributed by atoms with van der Waals surface area (Å²) in [6.07, 6.45) is 0. The third-order valence-corrected chi connectivity index (χ3v) is 2.29. The highest BCUT2D eigenvalue weighted by atomic mass is 16.2. The van der Waals surface area contributed by atoms with Crippen molar-refractivity contribution >= 4 is 5.91 Å². The van der Waals surface area contributed by atoms with Crippen LogP contribution in [-0.4, -0.2) is 39.1 Å². The van der Waals surface area contributed by atoms with Gasteiger partial charge in [-0.1, -0.05) is 13.8 Å². The lowest BCUT2D eigenvalue weighted by atomic mass is 10.2. The van der Waals surface area contributed by atoms with Gasteiger partial charge in [0, 0.05) is 19.0 Å². The zero-order valence-corrected chi connectivity index (χ0v) is 9.74. The van der Waals surface area contributed by atoms with E-state index in [1.54, 1.807) is 4.90 Å². The number of hydrogen-bond acceptors (Lipinski definition) is 3. The third kappa shape index (κ3) is 2.55. The molecule has 0 aliphatic heterocycles. The van der Waals surface area contributed by atoms with Gasteiger partial charge in [0.15, 0.2) is 0 Å². The van der Waals surface area contributed by atoms with Crippen molar-refractivity contribution in [3.05, 3.63) is 11.6 Å². The molecule has 0 aliphatic rings. The minimum atomic E-state index is -0.108. The number of rotatable bonds is 4. The van der Waals surface area contributed by atoms with Gasteiger partial charge < -0.3 is 4.90 Å². The van der Waals surface area contributed by atoms with E-state index < -0.39 is 0 Å². The molecule has 1 amide bonds. The maximum absolute atomic E-state index is 11.8. The van der Waals surface area contributed by atoms with E-state index in [2.05, 4.69) is 15.2 Å². The molecule has 0 atom stereocenters. The number of carbonyl (C=O) groups excluding carboxylic acids is 1. The molecule has 1 aromatic heterocycles. The monoisotopic (exact) mass is 210 g/mol. The summed E-state index contributed by atoms with van der Waals surface area (Å²) in [6, 6.07) is 0. The Morgan fingerprint density at radius 3 is 2.40 bits per heavy atom. The van der Waals surface area contributed by atoms with Gasteiger partial charge in [0.05, 0.1) is 0 Å². The van der Waals surface area contributed by atoms with Crippen LogP contribution in [-0.2, 0) is 0 Å². The Hall–Kier alpha value is -1.39. The molecule has 0 bridgehead atoms. The van der Waals surface area contributed by atoms with E-state index in [0.717, 1.165) is 5.82 Å². The summed E-state index contributed by atoms with van der Waals surface area (Å²) < 4.78 is 0. The van der Waals surface area contributed by atoms with E-state index in [9.17, 15) is 4.79 Å². The number of aromatic nitrogens is 3. The maximum Gasteiger partial charge on any atom is 0.293 e. The first-order valence-electron chi connectivity index (χ1n) is 5.31. The van der Waals surface area contributed by atoms with Crippen LogP contribution >= 0.6 is 0 Å². The predicted octanol–water partition coefficient (Wildman–Crippen LogP) is 1.41. The highest BCUT2D eigenvalue weighted by Crippen LogP contribution is 2.08. The normalized spacial score (nSPS) is 10.7. The van der Waals surface area contributed by atoms with Gasteiger partial charge in [0.1, 0.15) is 5.82 Å². The molecule has 1 N–H and O–H groups in total. The van der Waals surface area contributed by atoms with Gasteiger partial charge in [-0.3, -0.25) is 9.89 Å². The van der Waals surface area contributed by atoms with E-state index in [4.69, 9.17) is 0 Å². The van der Waals surface area contributed by atoms with Crippen LogP contribution in [0.5, 0.6) is 0 Å². The van der Waals surface area contributed by atoms with Gasteiger partial charge in [-0.15, -0.1) is 5.10 Å². The average Bonchev–Trinajstić information content (AvgIpc) is 2.68. The zero-order valence-electron chi connectivity index (χ0n) is 9.74. The first-order valence-corrected chi connectivity index (χ1v) is 5.31. The first-order chi connectivity index (χ1) is 7.10. The summed E-state index contributed by atoms with van der Waals surface area (Å²) in [5, 5.41) is 6.71. The second-order valence-electron chi connectivity index (χ2n) is 3.68. The summed E-state index contributed by atoms with van der Waals surface area (Å²) in [7, 11) is 0. The van der Waals surface area contributed by atoms with Crippen LogP contribution in [0.2, 0.25) is 0 Å². The molecule has 15 heavy (non-hydrogen) atoms. The molecule has 0 aliphatic carbocycles. The molecule has 5 heteroatoms. The molecule has 84 valence electrons. The van der Waals surface area contributed by atoms with Crippen LogP contribution in [0.3, 0.4) is 0 Å². The fourth-order valence-electron chi connectivity index (χ4n) is 1.28. The molecular weight excluding hydrogens is 192 g/mol. The van der Waals surface area contributed by atoms with Crippen LogP contribution < -0.4 is 0 Å². The van der Waals surface area contributed by atoms with Gasteiger partial charge in [-0.2, -0.15) is 0 Å². The van der Waals surface area contributed by atoms with E-state index in [1.807, 2.05) is 27.7 Å². The topological polar surface area (TPSA) is 61.9 Å². The lowest BCUT2D eigenvalue weighted by molar-refractivity contribution is 0.0761. The number of aromatic amines is 1. The Kier molecular flexibility index (Phi) is 3.82. The fraction of sp³-hybridized carbons (Fsp3) is 0.700. The van der Waals surface area contributed by atoms with E-state index in [0.29, 0.717) is 13.1 Å². The van der Waals surface area contributed by atoms with Crippen molar-refractivity contribution < 1.29 is 4.79 Å². The molecule has 5 nitrogen and oxygen atoms in total.